The van der Waals surface area contributed by atoms with Crippen molar-refractivity contribution in [1.82, 2.24) is 25.2 Å². The van der Waals surface area contributed by atoms with Gasteiger partial charge in [0.1, 0.15) is 5.76 Å². The molecule has 2 aromatic rings. The van der Waals surface area contributed by atoms with E-state index in [9.17, 15) is 4.79 Å². The van der Waals surface area contributed by atoms with Gasteiger partial charge >= 0.3 is 6.09 Å². The van der Waals surface area contributed by atoms with Gasteiger partial charge in [0.15, 0.2) is 11.6 Å². The molecule has 1 saturated heterocycles. The van der Waals surface area contributed by atoms with Crippen LogP contribution in [0.25, 0.3) is 0 Å². The molecule has 1 fully saturated rings. The minimum absolute atomic E-state index is 0.213. The van der Waals surface area contributed by atoms with Crippen molar-refractivity contribution in [2.75, 3.05) is 30.3 Å². The highest BCUT2D eigenvalue weighted by Gasteiger charge is 2.23. The fourth-order valence-corrected chi connectivity index (χ4v) is 2.60. The van der Waals surface area contributed by atoms with Crippen LogP contribution in [0.3, 0.4) is 0 Å². The van der Waals surface area contributed by atoms with E-state index in [-0.39, 0.29) is 12.1 Å². The summed E-state index contributed by atoms with van der Waals surface area (Å²) in [6.07, 6.45) is 2.94. The molecule has 10 heteroatoms. The van der Waals surface area contributed by atoms with E-state index in [1.165, 1.54) is 0 Å². The molecule has 2 aromatic heterocycles. The quantitative estimate of drug-likeness (QED) is 0.836. The number of anilines is 3. The molecule has 134 valence electrons. The topological polar surface area (TPSA) is 118 Å². The first-order valence-electron chi connectivity index (χ1n) is 8.22. The number of rotatable bonds is 5. The first kappa shape index (κ1) is 16.9. The summed E-state index contributed by atoms with van der Waals surface area (Å²) in [7, 11) is 0. The Morgan fingerprint density at radius 1 is 1.40 bits per heavy atom. The van der Waals surface area contributed by atoms with Gasteiger partial charge in [-0.1, -0.05) is 5.16 Å². The summed E-state index contributed by atoms with van der Waals surface area (Å²) < 4.78 is 10.0. The molecule has 1 aliphatic heterocycles. The molecule has 0 unspecified atom stereocenters. The number of amides is 1. The Labute approximate surface area is 144 Å². The number of ether oxygens (including phenoxy) is 1. The number of aryl methyl sites for hydroxylation is 1. The number of likely N-dealkylation sites (tertiary alicyclic amines) is 1. The maximum absolute atomic E-state index is 11.7. The van der Waals surface area contributed by atoms with E-state index in [1.54, 1.807) is 31.0 Å². The van der Waals surface area contributed by atoms with Gasteiger partial charge in [-0.05, 0) is 26.7 Å². The lowest BCUT2D eigenvalue weighted by Crippen LogP contribution is -2.42. The molecule has 3 rings (SSSR count). The van der Waals surface area contributed by atoms with Crippen LogP contribution in [0.2, 0.25) is 0 Å². The summed E-state index contributed by atoms with van der Waals surface area (Å²) >= 11 is 0. The molecule has 1 aliphatic rings. The van der Waals surface area contributed by atoms with Crippen LogP contribution in [-0.4, -0.2) is 57.1 Å². The monoisotopic (exact) mass is 347 g/mol. The van der Waals surface area contributed by atoms with Crippen LogP contribution in [0.4, 0.5) is 22.4 Å². The minimum atomic E-state index is -0.251. The van der Waals surface area contributed by atoms with Crippen molar-refractivity contribution in [3.8, 4) is 0 Å². The smallest absolute Gasteiger partial charge is 0.409 e. The Hall–Kier alpha value is -2.91. The van der Waals surface area contributed by atoms with Crippen molar-refractivity contribution >= 4 is 23.7 Å². The third kappa shape index (κ3) is 4.55. The molecule has 0 saturated carbocycles. The second-order valence-electron chi connectivity index (χ2n) is 5.72. The number of aromatic nitrogens is 4. The van der Waals surface area contributed by atoms with Crippen LogP contribution in [0.15, 0.2) is 16.8 Å². The molecule has 1 amide bonds. The zero-order valence-corrected chi connectivity index (χ0v) is 14.2. The first-order valence-corrected chi connectivity index (χ1v) is 8.22. The number of carbonyl (C=O) groups is 1. The Morgan fingerprint density at radius 3 is 2.88 bits per heavy atom. The van der Waals surface area contributed by atoms with Crippen molar-refractivity contribution in [2.24, 2.45) is 0 Å². The van der Waals surface area contributed by atoms with Crippen LogP contribution in [0, 0.1) is 6.92 Å². The molecule has 0 atom stereocenters. The molecule has 25 heavy (non-hydrogen) atoms. The number of hydrogen-bond donors (Lipinski definition) is 2. The predicted molar refractivity (Wildman–Crippen MR) is 89.6 cm³/mol. The molecular weight excluding hydrogens is 326 g/mol. The Kier molecular flexibility index (Phi) is 5.26. The zero-order chi connectivity index (χ0) is 17.6. The van der Waals surface area contributed by atoms with Gasteiger partial charge in [0, 0.05) is 25.2 Å². The minimum Gasteiger partial charge on any atom is -0.450 e. The molecule has 0 radical (unpaired) electrons. The Morgan fingerprint density at radius 2 is 2.20 bits per heavy atom. The average Bonchev–Trinajstić information content (AvgIpc) is 3.01. The lowest BCUT2D eigenvalue weighted by molar-refractivity contribution is 0.0983. The molecule has 2 N–H and O–H groups in total. The van der Waals surface area contributed by atoms with Gasteiger partial charge in [0.2, 0.25) is 5.95 Å². The lowest BCUT2D eigenvalue weighted by Gasteiger charge is -2.31. The first-order chi connectivity index (χ1) is 12.1. The summed E-state index contributed by atoms with van der Waals surface area (Å²) in [5.74, 6) is 2.17. The summed E-state index contributed by atoms with van der Waals surface area (Å²) in [5.41, 5.74) is 0. The standard InChI is InChI=1S/C15H21N7O3/c1-3-24-15(23)22-6-4-11(5-7-22)17-13-9-16-20-14(19-13)18-12-8-10(2)25-21-12/h8-9,11H,3-7H2,1-2H3,(H2,17,18,19,20,21). The molecule has 0 aromatic carbocycles. The maximum Gasteiger partial charge on any atom is 0.409 e. The second-order valence-corrected chi connectivity index (χ2v) is 5.72. The maximum atomic E-state index is 11.7. The average molecular weight is 347 g/mol. The zero-order valence-electron chi connectivity index (χ0n) is 14.2. The van der Waals surface area contributed by atoms with Gasteiger partial charge in [-0.15, -0.1) is 5.10 Å². The normalized spacial score (nSPS) is 15.0. The van der Waals surface area contributed by atoms with E-state index in [0.29, 0.717) is 43.0 Å². The van der Waals surface area contributed by atoms with Gasteiger partial charge < -0.3 is 24.8 Å². The van der Waals surface area contributed by atoms with Crippen molar-refractivity contribution in [3.63, 3.8) is 0 Å². The van der Waals surface area contributed by atoms with E-state index >= 15 is 0 Å². The van der Waals surface area contributed by atoms with Crippen molar-refractivity contribution in [1.29, 1.82) is 0 Å². The van der Waals surface area contributed by atoms with Gasteiger partial charge in [0.25, 0.3) is 0 Å². The van der Waals surface area contributed by atoms with Crippen LogP contribution >= 0.6 is 0 Å². The summed E-state index contributed by atoms with van der Waals surface area (Å²) in [6, 6.07) is 1.96. The number of nitrogens with zero attached hydrogens (tertiary/aromatic N) is 5. The molecule has 0 aliphatic carbocycles. The van der Waals surface area contributed by atoms with Crippen LogP contribution in [-0.2, 0) is 4.74 Å². The van der Waals surface area contributed by atoms with Gasteiger partial charge in [-0.2, -0.15) is 10.1 Å². The van der Waals surface area contributed by atoms with Crippen LogP contribution < -0.4 is 10.6 Å². The predicted octanol–water partition coefficient (Wildman–Crippen LogP) is 1.94. The highest BCUT2D eigenvalue weighted by atomic mass is 16.6. The molecule has 10 nitrogen and oxygen atoms in total. The Balaban J connectivity index is 1.53. The van der Waals surface area contributed by atoms with Crippen molar-refractivity contribution in [2.45, 2.75) is 32.7 Å². The summed E-state index contributed by atoms with van der Waals surface area (Å²) in [6.45, 7) is 5.30. The molecule has 0 bridgehead atoms. The van der Waals surface area contributed by atoms with E-state index in [2.05, 4.69) is 31.0 Å². The van der Waals surface area contributed by atoms with E-state index < -0.39 is 0 Å². The SMILES string of the molecule is CCOC(=O)N1CCC(Nc2cnnc(Nc3cc(C)on3)n2)CC1. The van der Waals surface area contributed by atoms with E-state index in [1.807, 2.05) is 0 Å². The van der Waals surface area contributed by atoms with Crippen LogP contribution in [0.1, 0.15) is 25.5 Å². The van der Waals surface area contributed by atoms with E-state index in [4.69, 9.17) is 9.26 Å². The largest absolute Gasteiger partial charge is 0.450 e. The molecular formula is C15H21N7O3. The highest BCUT2D eigenvalue weighted by Crippen LogP contribution is 2.17. The third-order valence-corrected chi connectivity index (χ3v) is 3.80. The number of piperidine rings is 1. The molecule has 3 heterocycles. The number of carbonyl (C=O) groups excluding carboxylic acids is 1. The fourth-order valence-electron chi connectivity index (χ4n) is 2.60. The number of nitrogens with one attached hydrogen (secondary N) is 2. The Bertz CT molecular complexity index is 713. The van der Waals surface area contributed by atoms with Crippen LogP contribution in [0.5, 0.6) is 0 Å². The van der Waals surface area contributed by atoms with Gasteiger partial charge in [0.05, 0.1) is 12.8 Å². The van der Waals surface area contributed by atoms with E-state index in [0.717, 1.165) is 12.8 Å². The summed E-state index contributed by atoms with van der Waals surface area (Å²) in [4.78, 5) is 17.8. The van der Waals surface area contributed by atoms with Crippen molar-refractivity contribution in [3.05, 3.63) is 18.0 Å². The van der Waals surface area contributed by atoms with Crippen molar-refractivity contribution < 1.29 is 14.1 Å². The lowest BCUT2D eigenvalue weighted by atomic mass is 10.1. The number of hydrogen-bond acceptors (Lipinski definition) is 9. The fraction of sp³-hybridized carbons (Fsp3) is 0.533. The highest BCUT2D eigenvalue weighted by molar-refractivity contribution is 5.67. The second kappa shape index (κ2) is 7.77. The third-order valence-electron chi connectivity index (χ3n) is 3.80. The van der Waals surface area contributed by atoms with Gasteiger partial charge in [-0.3, -0.25) is 0 Å². The summed E-state index contributed by atoms with van der Waals surface area (Å²) in [5, 5.41) is 18.0. The molecule has 0 spiro atoms. The van der Waals surface area contributed by atoms with Gasteiger partial charge in [-0.25, -0.2) is 4.79 Å².